The molecule has 5 nitrogen and oxygen atoms in total. The van der Waals surface area contributed by atoms with Crippen molar-refractivity contribution in [2.24, 2.45) is 0 Å². The van der Waals surface area contributed by atoms with Crippen LogP contribution in [0.25, 0.3) is 0 Å². The van der Waals surface area contributed by atoms with E-state index in [2.05, 4.69) is 34.2 Å². The van der Waals surface area contributed by atoms with Gasteiger partial charge in [0.15, 0.2) is 23.0 Å². The van der Waals surface area contributed by atoms with Gasteiger partial charge in [0, 0.05) is 22.6 Å². The first kappa shape index (κ1) is 16.5. The van der Waals surface area contributed by atoms with Gasteiger partial charge < -0.3 is 24.3 Å². The van der Waals surface area contributed by atoms with E-state index in [-0.39, 0.29) is 6.04 Å². The number of fused-ring (bicyclic) bond motifs is 2. The van der Waals surface area contributed by atoms with E-state index in [4.69, 9.17) is 18.9 Å². The van der Waals surface area contributed by atoms with Crippen LogP contribution in [0.2, 0.25) is 0 Å². The average molecular weight is 406 g/mol. The highest BCUT2D eigenvalue weighted by Crippen LogP contribution is 2.38. The molecule has 4 rings (SSSR count). The van der Waals surface area contributed by atoms with Crippen LogP contribution in [-0.2, 0) is 6.54 Å². The Morgan fingerprint density at radius 3 is 2.44 bits per heavy atom. The van der Waals surface area contributed by atoms with E-state index in [0.29, 0.717) is 33.0 Å². The van der Waals surface area contributed by atoms with Gasteiger partial charge in [0.1, 0.15) is 26.4 Å². The van der Waals surface area contributed by atoms with E-state index < -0.39 is 0 Å². The first-order valence-electron chi connectivity index (χ1n) is 8.42. The highest BCUT2D eigenvalue weighted by atomic mass is 79.9. The van der Waals surface area contributed by atoms with E-state index in [9.17, 15) is 0 Å². The largest absolute Gasteiger partial charge is 0.486 e. The van der Waals surface area contributed by atoms with Gasteiger partial charge in [-0.05, 0) is 30.7 Å². The molecule has 2 aliphatic rings. The molecule has 1 N–H and O–H groups in total. The lowest BCUT2D eigenvalue weighted by atomic mass is 10.1. The number of para-hydroxylation sites is 1. The van der Waals surface area contributed by atoms with Crippen molar-refractivity contribution in [3.8, 4) is 23.0 Å². The zero-order chi connectivity index (χ0) is 17.2. The van der Waals surface area contributed by atoms with E-state index in [1.807, 2.05) is 24.3 Å². The summed E-state index contributed by atoms with van der Waals surface area (Å²) in [6, 6.07) is 10.1. The molecule has 0 saturated heterocycles. The number of ether oxygens (including phenoxy) is 4. The maximum absolute atomic E-state index is 5.78. The maximum atomic E-state index is 5.78. The predicted octanol–water partition coefficient (Wildman–Crippen LogP) is 3.84. The Morgan fingerprint density at radius 1 is 0.960 bits per heavy atom. The standard InChI is InChI=1S/C19H20BrNO4/c1-12(14-9-17-18(10-15(14)20)24-6-5-23-17)21-11-13-3-2-4-16-19(13)25-8-7-22-16/h2-4,9-10,12,21H,5-8,11H2,1H3/t12-/m0/s1. The van der Waals surface area contributed by atoms with Crippen molar-refractivity contribution in [3.05, 3.63) is 45.9 Å². The smallest absolute Gasteiger partial charge is 0.165 e. The molecule has 2 heterocycles. The van der Waals surface area contributed by atoms with Crippen LogP contribution in [0.5, 0.6) is 23.0 Å². The molecule has 0 bridgehead atoms. The zero-order valence-corrected chi connectivity index (χ0v) is 15.6. The summed E-state index contributed by atoms with van der Waals surface area (Å²) < 4.78 is 23.8. The second kappa shape index (κ2) is 7.14. The molecule has 0 aromatic heterocycles. The van der Waals surface area contributed by atoms with Gasteiger partial charge in [0.25, 0.3) is 0 Å². The lowest BCUT2D eigenvalue weighted by molar-refractivity contribution is 0.169. The second-order valence-electron chi connectivity index (χ2n) is 6.06. The molecule has 6 heteroatoms. The van der Waals surface area contributed by atoms with Crippen molar-refractivity contribution in [1.82, 2.24) is 5.32 Å². The van der Waals surface area contributed by atoms with Gasteiger partial charge in [0.05, 0.1) is 0 Å². The fraction of sp³-hybridized carbons (Fsp3) is 0.368. The van der Waals surface area contributed by atoms with E-state index >= 15 is 0 Å². The van der Waals surface area contributed by atoms with Gasteiger partial charge >= 0.3 is 0 Å². The van der Waals surface area contributed by atoms with Gasteiger partial charge in [0.2, 0.25) is 0 Å². The van der Waals surface area contributed by atoms with Crippen LogP contribution >= 0.6 is 15.9 Å². The zero-order valence-electron chi connectivity index (χ0n) is 14.0. The third kappa shape index (κ3) is 3.41. The Balaban J connectivity index is 1.50. The molecule has 0 amide bonds. The van der Waals surface area contributed by atoms with Crippen LogP contribution in [0.1, 0.15) is 24.1 Å². The lowest BCUT2D eigenvalue weighted by Gasteiger charge is -2.24. The molecule has 0 radical (unpaired) electrons. The van der Waals surface area contributed by atoms with E-state index in [0.717, 1.165) is 38.6 Å². The van der Waals surface area contributed by atoms with Crippen LogP contribution < -0.4 is 24.3 Å². The molecule has 2 aliphatic heterocycles. The van der Waals surface area contributed by atoms with Gasteiger partial charge in [-0.25, -0.2) is 0 Å². The fourth-order valence-electron chi connectivity index (χ4n) is 3.06. The number of nitrogens with one attached hydrogen (secondary N) is 1. The molecule has 0 aliphatic carbocycles. The summed E-state index contributed by atoms with van der Waals surface area (Å²) in [6.45, 7) is 5.19. The van der Waals surface area contributed by atoms with Crippen LogP contribution in [-0.4, -0.2) is 26.4 Å². The van der Waals surface area contributed by atoms with Crippen molar-refractivity contribution in [2.45, 2.75) is 19.5 Å². The summed E-state index contributed by atoms with van der Waals surface area (Å²) in [7, 11) is 0. The van der Waals surface area contributed by atoms with Crippen LogP contribution in [0.4, 0.5) is 0 Å². The van der Waals surface area contributed by atoms with Gasteiger partial charge in [-0.15, -0.1) is 0 Å². The Hall–Kier alpha value is -1.92. The summed E-state index contributed by atoms with van der Waals surface area (Å²) in [6.07, 6.45) is 0. The van der Waals surface area contributed by atoms with E-state index in [1.54, 1.807) is 0 Å². The molecule has 2 aromatic rings. The molecule has 25 heavy (non-hydrogen) atoms. The Morgan fingerprint density at radius 2 is 1.64 bits per heavy atom. The highest BCUT2D eigenvalue weighted by Gasteiger charge is 2.19. The van der Waals surface area contributed by atoms with Crippen molar-refractivity contribution in [1.29, 1.82) is 0 Å². The molecule has 1 atom stereocenters. The molecular weight excluding hydrogens is 386 g/mol. The quantitative estimate of drug-likeness (QED) is 0.836. The number of hydrogen-bond donors (Lipinski definition) is 1. The Labute approximate surface area is 155 Å². The molecule has 132 valence electrons. The number of halogens is 1. The average Bonchev–Trinajstić information content (AvgIpc) is 2.65. The molecule has 0 spiro atoms. The normalized spacial score (nSPS) is 16.4. The van der Waals surface area contributed by atoms with Crippen molar-refractivity contribution in [3.63, 3.8) is 0 Å². The highest BCUT2D eigenvalue weighted by molar-refractivity contribution is 9.10. The van der Waals surface area contributed by atoms with Gasteiger partial charge in [-0.3, -0.25) is 0 Å². The monoisotopic (exact) mass is 405 g/mol. The fourth-order valence-corrected chi connectivity index (χ4v) is 3.72. The molecule has 0 saturated carbocycles. The minimum absolute atomic E-state index is 0.130. The summed E-state index contributed by atoms with van der Waals surface area (Å²) in [5.74, 6) is 3.25. The second-order valence-corrected chi connectivity index (χ2v) is 6.92. The molecular formula is C19H20BrNO4. The van der Waals surface area contributed by atoms with Gasteiger partial charge in [-0.2, -0.15) is 0 Å². The number of rotatable bonds is 4. The molecule has 0 fully saturated rings. The topological polar surface area (TPSA) is 49.0 Å². The van der Waals surface area contributed by atoms with E-state index in [1.165, 1.54) is 0 Å². The van der Waals surface area contributed by atoms with Crippen molar-refractivity contribution in [2.75, 3.05) is 26.4 Å². The first-order chi connectivity index (χ1) is 12.2. The summed E-state index contributed by atoms with van der Waals surface area (Å²) in [5.41, 5.74) is 2.23. The molecule has 2 aromatic carbocycles. The van der Waals surface area contributed by atoms with Crippen molar-refractivity contribution < 1.29 is 18.9 Å². The third-order valence-corrected chi connectivity index (χ3v) is 5.06. The molecule has 0 unspecified atom stereocenters. The van der Waals surface area contributed by atoms with Gasteiger partial charge in [-0.1, -0.05) is 28.1 Å². The Kier molecular flexibility index (Phi) is 4.72. The lowest BCUT2D eigenvalue weighted by Crippen LogP contribution is -2.22. The minimum atomic E-state index is 0.130. The minimum Gasteiger partial charge on any atom is -0.486 e. The third-order valence-electron chi connectivity index (χ3n) is 4.37. The first-order valence-corrected chi connectivity index (χ1v) is 9.21. The van der Waals surface area contributed by atoms with Crippen LogP contribution in [0.15, 0.2) is 34.8 Å². The Bertz CT molecular complexity index is 780. The number of benzene rings is 2. The summed E-state index contributed by atoms with van der Waals surface area (Å²) in [5, 5.41) is 3.55. The summed E-state index contributed by atoms with van der Waals surface area (Å²) in [4.78, 5) is 0. The van der Waals surface area contributed by atoms with Crippen LogP contribution in [0, 0.1) is 0 Å². The predicted molar refractivity (Wildman–Crippen MR) is 97.8 cm³/mol. The van der Waals surface area contributed by atoms with Crippen molar-refractivity contribution >= 4 is 15.9 Å². The number of hydrogen-bond acceptors (Lipinski definition) is 5. The summed E-state index contributed by atoms with van der Waals surface area (Å²) >= 11 is 3.64. The van der Waals surface area contributed by atoms with Crippen LogP contribution in [0.3, 0.4) is 0 Å². The SMILES string of the molecule is C[C@H](NCc1cccc2c1OCCO2)c1cc2c(cc1Br)OCCO2. The maximum Gasteiger partial charge on any atom is 0.165 e.